The van der Waals surface area contributed by atoms with E-state index in [4.69, 9.17) is 4.74 Å². The molecule has 4 aromatic rings. The summed E-state index contributed by atoms with van der Waals surface area (Å²) in [6.07, 6.45) is 1.35. The Morgan fingerprint density at radius 3 is 2.15 bits per heavy atom. The summed E-state index contributed by atoms with van der Waals surface area (Å²) in [4.78, 5) is 29.0. The Kier molecular flexibility index (Phi) is 6.69. The van der Waals surface area contributed by atoms with Gasteiger partial charge in [-0.3, -0.25) is 9.38 Å². The van der Waals surface area contributed by atoms with E-state index in [0.717, 1.165) is 17.6 Å². The highest BCUT2D eigenvalue weighted by atomic mass is 19.4. The lowest BCUT2D eigenvalue weighted by atomic mass is 10.1. The average Bonchev–Trinajstić information content (AvgIpc) is 3.31. The van der Waals surface area contributed by atoms with Crippen LogP contribution in [0.1, 0.15) is 32.0 Å². The first-order chi connectivity index (χ1) is 18.4. The summed E-state index contributed by atoms with van der Waals surface area (Å²) in [5, 5.41) is 0. The SMILES string of the molecule is Cc1ccc(-c2cc(C(F)(F)F)c3ncc(-c4ccc(N5CCN(C(=O)OC(C)(C)C)CC5)nc4)n3c2)cn1. The normalized spacial score (nSPS) is 14.6. The van der Waals surface area contributed by atoms with E-state index >= 15 is 0 Å². The van der Waals surface area contributed by atoms with Gasteiger partial charge in [-0.1, -0.05) is 6.07 Å². The molecule has 0 aromatic carbocycles. The fraction of sp³-hybridized carbons (Fsp3) is 0.357. The highest BCUT2D eigenvalue weighted by Gasteiger charge is 2.35. The molecule has 1 saturated heterocycles. The van der Waals surface area contributed by atoms with Gasteiger partial charge >= 0.3 is 12.3 Å². The van der Waals surface area contributed by atoms with Crippen LogP contribution in [0.25, 0.3) is 28.0 Å². The van der Waals surface area contributed by atoms with Crippen LogP contribution in [-0.4, -0.2) is 62.1 Å². The molecular formula is C28H29F3N6O2. The molecule has 1 fully saturated rings. The zero-order chi connectivity index (χ0) is 27.9. The van der Waals surface area contributed by atoms with Gasteiger partial charge in [0, 0.05) is 67.2 Å². The van der Waals surface area contributed by atoms with E-state index < -0.39 is 17.3 Å². The summed E-state index contributed by atoms with van der Waals surface area (Å²) < 4.78 is 48.9. The molecule has 4 aromatic heterocycles. The maximum Gasteiger partial charge on any atom is 0.420 e. The van der Waals surface area contributed by atoms with Crippen LogP contribution in [0, 0.1) is 6.92 Å². The van der Waals surface area contributed by atoms with Gasteiger partial charge in [0.15, 0.2) is 0 Å². The molecule has 8 nitrogen and oxygen atoms in total. The Morgan fingerprint density at radius 1 is 0.872 bits per heavy atom. The number of halogens is 3. The second-order valence-electron chi connectivity index (χ2n) is 10.5. The molecule has 5 rings (SSSR count). The van der Waals surface area contributed by atoms with Crippen LogP contribution in [0.15, 0.2) is 55.1 Å². The molecule has 0 saturated carbocycles. The van der Waals surface area contributed by atoms with Crippen molar-refractivity contribution >= 4 is 17.6 Å². The van der Waals surface area contributed by atoms with Crippen molar-refractivity contribution in [3.05, 3.63) is 66.4 Å². The van der Waals surface area contributed by atoms with Crippen LogP contribution in [-0.2, 0) is 10.9 Å². The maximum absolute atomic E-state index is 14.0. The lowest BCUT2D eigenvalue weighted by Gasteiger charge is -2.36. The second-order valence-corrected chi connectivity index (χ2v) is 10.5. The van der Waals surface area contributed by atoms with Gasteiger partial charge in [-0.2, -0.15) is 13.2 Å². The molecule has 1 amide bonds. The second kappa shape index (κ2) is 9.87. The van der Waals surface area contributed by atoms with Crippen molar-refractivity contribution in [2.45, 2.75) is 39.5 Å². The number of pyridine rings is 3. The number of piperazine rings is 1. The van der Waals surface area contributed by atoms with E-state index in [-0.39, 0.29) is 11.7 Å². The van der Waals surface area contributed by atoms with Crippen molar-refractivity contribution in [2.24, 2.45) is 0 Å². The zero-order valence-electron chi connectivity index (χ0n) is 22.2. The fourth-order valence-corrected chi connectivity index (χ4v) is 4.48. The number of alkyl halides is 3. The minimum atomic E-state index is -4.58. The number of hydrogen-bond acceptors (Lipinski definition) is 6. The topological polar surface area (TPSA) is 75.9 Å². The number of aryl methyl sites for hydroxylation is 1. The highest BCUT2D eigenvalue weighted by molar-refractivity contribution is 5.72. The number of amides is 1. The molecular weight excluding hydrogens is 509 g/mol. The standard InChI is InChI=1S/C28H29F3N6O2/c1-18-5-6-19(14-32-18)21-13-22(28(29,30)31)25-34-16-23(37(25)17-21)20-7-8-24(33-15-20)35-9-11-36(12-10-35)26(38)39-27(2,3)4/h5-8,13-17H,9-12H2,1-4H3. The molecule has 0 aliphatic carbocycles. The summed E-state index contributed by atoms with van der Waals surface area (Å²) in [5.74, 6) is 0.721. The molecule has 5 heterocycles. The molecule has 1 aliphatic heterocycles. The third kappa shape index (κ3) is 5.67. The number of imidazole rings is 1. The molecule has 0 radical (unpaired) electrons. The van der Waals surface area contributed by atoms with Gasteiger partial charge in [0.05, 0.1) is 17.5 Å². The first kappa shape index (κ1) is 26.5. The number of anilines is 1. The molecule has 0 atom stereocenters. The summed E-state index contributed by atoms with van der Waals surface area (Å²) in [7, 11) is 0. The summed E-state index contributed by atoms with van der Waals surface area (Å²) in [6.45, 7) is 9.50. The van der Waals surface area contributed by atoms with Gasteiger partial charge in [-0.15, -0.1) is 0 Å². The molecule has 204 valence electrons. The molecule has 0 unspecified atom stereocenters. The largest absolute Gasteiger partial charge is 0.444 e. The van der Waals surface area contributed by atoms with Gasteiger partial charge in [-0.25, -0.2) is 14.8 Å². The van der Waals surface area contributed by atoms with Crippen molar-refractivity contribution in [1.29, 1.82) is 0 Å². The lowest BCUT2D eigenvalue weighted by Crippen LogP contribution is -2.50. The van der Waals surface area contributed by atoms with Crippen LogP contribution < -0.4 is 4.90 Å². The number of carbonyl (C=O) groups is 1. The number of nitrogens with zero attached hydrogens (tertiary/aromatic N) is 6. The number of hydrogen-bond donors (Lipinski definition) is 0. The minimum absolute atomic E-state index is 0.177. The van der Waals surface area contributed by atoms with E-state index in [9.17, 15) is 18.0 Å². The van der Waals surface area contributed by atoms with Crippen LogP contribution in [0.5, 0.6) is 0 Å². The fourth-order valence-electron chi connectivity index (χ4n) is 4.48. The molecule has 0 spiro atoms. The van der Waals surface area contributed by atoms with Crippen molar-refractivity contribution in [1.82, 2.24) is 24.3 Å². The number of fused-ring (bicyclic) bond motifs is 1. The first-order valence-corrected chi connectivity index (χ1v) is 12.6. The Labute approximate surface area is 224 Å². The summed E-state index contributed by atoms with van der Waals surface area (Å²) in [6, 6.07) is 8.27. The van der Waals surface area contributed by atoms with E-state index in [1.165, 1.54) is 10.6 Å². The van der Waals surface area contributed by atoms with Crippen LogP contribution in [0.2, 0.25) is 0 Å². The van der Waals surface area contributed by atoms with Gasteiger partial charge in [0.25, 0.3) is 0 Å². The average molecular weight is 539 g/mol. The van der Waals surface area contributed by atoms with E-state index in [1.54, 1.807) is 35.6 Å². The van der Waals surface area contributed by atoms with Gasteiger partial charge in [0.1, 0.15) is 17.1 Å². The Hall–Kier alpha value is -4.15. The van der Waals surface area contributed by atoms with Crippen molar-refractivity contribution < 1.29 is 22.7 Å². The van der Waals surface area contributed by atoms with Crippen LogP contribution in [0.3, 0.4) is 0 Å². The van der Waals surface area contributed by atoms with Crippen molar-refractivity contribution in [3.63, 3.8) is 0 Å². The summed E-state index contributed by atoms with van der Waals surface area (Å²) in [5.41, 5.74) is 1.31. The molecule has 39 heavy (non-hydrogen) atoms. The predicted octanol–water partition coefficient (Wildman–Crippen LogP) is 5.84. The predicted molar refractivity (Wildman–Crippen MR) is 141 cm³/mol. The smallest absolute Gasteiger partial charge is 0.420 e. The van der Waals surface area contributed by atoms with Crippen molar-refractivity contribution in [3.8, 4) is 22.4 Å². The molecule has 0 N–H and O–H groups in total. The van der Waals surface area contributed by atoms with Gasteiger partial charge < -0.3 is 14.5 Å². The van der Waals surface area contributed by atoms with Gasteiger partial charge in [-0.05, 0) is 52.0 Å². The Balaban J connectivity index is 1.41. The third-order valence-corrected chi connectivity index (χ3v) is 6.45. The van der Waals surface area contributed by atoms with E-state index in [0.29, 0.717) is 48.6 Å². The molecule has 11 heteroatoms. The van der Waals surface area contributed by atoms with Crippen LogP contribution >= 0.6 is 0 Å². The Bertz CT molecular complexity index is 1480. The maximum atomic E-state index is 14.0. The van der Waals surface area contributed by atoms with Crippen LogP contribution in [0.4, 0.5) is 23.8 Å². The van der Waals surface area contributed by atoms with E-state index in [2.05, 4.69) is 19.9 Å². The monoisotopic (exact) mass is 538 g/mol. The quantitative estimate of drug-likeness (QED) is 0.326. The zero-order valence-corrected chi connectivity index (χ0v) is 22.2. The number of rotatable bonds is 3. The van der Waals surface area contributed by atoms with Gasteiger partial charge in [0.2, 0.25) is 0 Å². The number of aromatic nitrogens is 4. The van der Waals surface area contributed by atoms with E-state index in [1.807, 2.05) is 39.8 Å². The third-order valence-electron chi connectivity index (χ3n) is 6.45. The molecule has 0 bridgehead atoms. The summed E-state index contributed by atoms with van der Waals surface area (Å²) >= 11 is 0. The Morgan fingerprint density at radius 2 is 1.56 bits per heavy atom. The molecule has 1 aliphatic rings. The number of carbonyl (C=O) groups excluding carboxylic acids is 1. The lowest BCUT2D eigenvalue weighted by molar-refractivity contribution is -0.136. The first-order valence-electron chi connectivity index (χ1n) is 12.6. The number of ether oxygens (including phenoxy) is 1. The minimum Gasteiger partial charge on any atom is -0.444 e. The van der Waals surface area contributed by atoms with Crippen molar-refractivity contribution in [2.75, 3.05) is 31.1 Å². The highest BCUT2D eigenvalue weighted by Crippen LogP contribution is 2.37.